The second-order valence-corrected chi connectivity index (χ2v) is 12.2. The number of nitrogens with zero attached hydrogens (tertiary/aromatic N) is 2. The maximum Gasteiger partial charge on any atom is 0.263 e. The van der Waals surface area contributed by atoms with E-state index in [1.54, 1.807) is 54.6 Å². The molecule has 5 aromatic rings. The summed E-state index contributed by atoms with van der Waals surface area (Å²) < 4.78 is 76.3. The Labute approximate surface area is 236 Å². The molecular weight excluding hydrogens is 569 g/mol. The summed E-state index contributed by atoms with van der Waals surface area (Å²) in [5.41, 5.74) is 1.76. The quantitative estimate of drug-likeness (QED) is 0.206. The first-order chi connectivity index (χ1) is 19.5. The molecule has 0 saturated carbocycles. The lowest BCUT2D eigenvalue weighted by Gasteiger charge is -2.15. The molecule has 0 aliphatic carbocycles. The third-order valence-electron chi connectivity index (χ3n) is 5.98. The van der Waals surface area contributed by atoms with Gasteiger partial charge in [0.2, 0.25) is 0 Å². The zero-order valence-corrected chi connectivity index (χ0v) is 23.4. The minimum absolute atomic E-state index is 0.0321. The molecule has 0 aliphatic heterocycles. The van der Waals surface area contributed by atoms with Crippen LogP contribution in [0.3, 0.4) is 0 Å². The number of ether oxygens (including phenoxy) is 1. The van der Waals surface area contributed by atoms with Gasteiger partial charge in [0.05, 0.1) is 27.9 Å². The normalized spacial score (nSPS) is 11.7. The van der Waals surface area contributed by atoms with E-state index in [1.807, 2.05) is 0 Å². The van der Waals surface area contributed by atoms with Crippen molar-refractivity contribution in [3.05, 3.63) is 102 Å². The molecule has 1 heterocycles. The minimum atomic E-state index is -4.19. The van der Waals surface area contributed by atoms with E-state index in [0.717, 1.165) is 12.1 Å². The number of para-hydroxylation sites is 2. The topological polar surface area (TPSA) is 139 Å². The summed E-state index contributed by atoms with van der Waals surface area (Å²) in [5.74, 6) is -0.0796. The number of hydrogen-bond acceptors (Lipinski definition) is 8. The number of anilines is 4. The SMILES string of the molecule is COc1ccc(NS(=O)(=O)c2cccc(Nc3nc4ccccc4nc3NS(=O)(=O)c3ccc(F)cc3C)c2)cc1. The number of aromatic nitrogens is 2. The average Bonchev–Trinajstić information content (AvgIpc) is 2.93. The van der Waals surface area contributed by atoms with Gasteiger partial charge in [-0.05, 0) is 85.3 Å². The highest BCUT2D eigenvalue weighted by atomic mass is 32.2. The van der Waals surface area contributed by atoms with Gasteiger partial charge in [-0.3, -0.25) is 9.44 Å². The maximum absolute atomic E-state index is 13.6. The monoisotopic (exact) mass is 593 g/mol. The zero-order chi connectivity index (χ0) is 29.2. The first-order valence-electron chi connectivity index (χ1n) is 12.1. The number of halogens is 1. The van der Waals surface area contributed by atoms with Crippen molar-refractivity contribution >= 4 is 54.1 Å². The molecular formula is C28H24FN5O5S2. The number of nitrogens with one attached hydrogen (secondary N) is 3. The van der Waals surface area contributed by atoms with Gasteiger partial charge < -0.3 is 10.1 Å². The number of fused-ring (bicyclic) bond motifs is 1. The largest absolute Gasteiger partial charge is 0.497 e. The van der Waals surface area contributed by atoms with E-state index in [-0.39, 0.29) is 27.0 Å². The highest BCUT2D eigenvalue weighted by Gasteiger charge is 2.22. The first kappa shape index (κ1) is 27.8. The van der Waals surface area contributed by atoms with E-state index in [0.29, 0.717) is 28.2 Å². The molecule has 1 aromatic heterocycles. The average molecular weight is 594 g/mol. The number of aryl methyl sites for hydroxylation is 1. The fraction of sp³-hybridized carbons (Fsp3) is 0.0714. The van der Waals surface area contributed by atoms with E-state index in [1.165, 1.54) is 38.3 Å². The Hall–Kier alpha value is -4.75. The molecule has 3 N–H and O–H groups in total. The second-order valence-electron chi connectivity index (χ2n) is 8.91. The van der Waals surface area contributed by atoms with Gasteiger partial charge in [0, 0.05) is 11.4 Å². The van der Waals surface area contributed by atoms with Crippen molar-refractivity contribution in [1.29, 1.82) is 0 Å². The molecule has 0 aliphatic rings. The molecule has 0 bridgehead atoms. The minimum Gasteiger partial charge on any atom is -0.497 e. The third-order valence-corrected chi connectivity index (χ3v) is 8.86. The van der Waals surface area contributed by atoms with Crippen LogP contribution in [0, 0.1) is 12.7 Å². The molecule has 210 valence electrons. The van der Waals surface area contributed by atoms with E-state index >= 15 is 0 Å². The molecule has 0 amide bonds. The Morgan fingerprint density at radius 1 is 0.707 bits per heavy atom. The van der Waals surface area contributed by atoms with Gasteiger partial charge in [-0.25, -0.2) is 31.2 Å². The summed E-state index contributed by atoms with van der Waals surface area (Å²) >= 11 is 0. The van der Waals surface area contributed by atoms with E-state index in [2.05, 4.69) is 24.7 Å². The number of benzene rings is 4. The molecule has 0 saturated heterocycles. The third kappa shape index (κ3) is 6.21. The number of hydrogen-bond donors (Lipinski definition) is 3. The molecule has 0 unspecified atom stereocenters. The van der Waals surface area contributed by atoms with Gasteiger partial charge in [-0.1, -0.05) is 18.2 Å². The van der Waals surface area contributed by atoms with Crippen molar-refractivity contribution in [2.75, 3.05) is 21.9 Å². The highest BCUT2D eigenvalue weighted by molar-refractivity contribution is 7.93. The molecule has 0 fully saturated rings. The summed E-state index contributed by atoms with van der Waals surface area (Å²) in [6.07, 6.45) is 0. The van der Waals surface area contributed by atoms with Crippen LogP contribution in [-0.2, 0) is 20.0 Å². The van der Waals surface area contributed by atoms with Gasteiger partial charge in [0.15, 0.2) is 11.6 Å². The Kier molecular flexibility index (Phi) is 7.47. The van der Waals surface area contributed by atoms with Crippen LogP contribution in [0.1, 0.15) is 5.56 Å². The van der Waals surface area contributed by atoms with Crippen LogP contribution < -0.4 is 19.5 Å². The van der Waals surface area contributed by atoms with Crippen molar-refractivity contribution < 1.29 is 26.0 Å². The van der Waals surface area contributed by atoms with Crippen molar-refractivity contribution in [3.8, 4) is 5.75 Å². The summed E-state index contributed by atoms with van der Waals surface area (Å²) in [6, 6.07) is 22.5. The van der Waals surface area contributed by atoms with Gasteiger partial charge in [-0.15, -0.1) is 0 Å². The molecule has 10 nitrogen and oxygen atoms in total. The molecule has 13 heteroatoms. The van der Waals surface area contributed by atoms with E-state index in [4.69, 9.17) is 4.74 Å². The van der Waals surface area contributed by atoms with Crippen LogP contribution in [-0.4, -0.2) is 33.9 Å². The molecule has 5 rings (SSSR count). The Morgan fingerprint density at radius 3 is 2.05 bits per heavy atom. The lowest BCUT2D eigenvalue weighted by Crippen LogP contribution is -2.17. The fourth-order valence-electron chi connectivity index (χ4n) is 4.01. The van der Waals surface area contributed by atoms with Crippen LogP contribution in [0.5, 0.6) is 5.75 Å². The van der Waals surface area contributed by atoms with Crippen molar-refractivity contribution in [3.63, 3.8) is 0 Å². The maximum atomic E-state index is 13.6. The molecule has 0 radical (unpaired) electrons. The van der Waals surface area contributed by atoms with Crippen molar-refractivity contribution in [2.45, 2.75) is 16.7 Å². The lowest BCUT2D eigenvalue weighted by atomic mass is 10.2. The van der Waals surface area contributed by atoms with Gasteiger partial charge in [0.25, 0.3) is 20.0 Å². The predicted molar refractivity (Wildman–Crippen MR) is 155 cm³/mol. The van der Waals surface area contributed by atoms with Crippen LogP contribution in [0.25, 0.3) is 11.0 Å². The van der Waals surface area contributed by atoms with Gasteiger partial charge in [0.1, 0.15) is 11.6 Å². The molecule has 4 aromatic carbocycles. The molecule has 0 atom stereocenters. The standard InChI is InChI=1S/C28H24FN5O5S2/c1-18-16-19(29)10-15-26(18)41(37,38)34-28-27(31-24-8-3-4-9-25(24)32-28)30-21-6-5-7-23(17-21)40(35,36)33-20-11-13-22(39-2)14-12-20/h3-17,33H,1-2H3,(H,30,31)(H,32,34). The number of sulfonamides is 2. The Bertz CT molecular complexity index is 1970. The van der Waals surface area contributed by atoms with Crippen LogP contribution >= 0.6 is 0 Å². The van der Waals surface area contributed by atoms with Gasteiger partial charge >= 0.3 is 0 Å². The Balaban J connectivity index is 1.49. The van der Waals surface area contributed by atoms with E-state index in [9.17, 15) is 21.2 Å². The number of rotatable bonds is 9. The van der Waals surface area contributed by atoms with E-state index < -0.39 is 25.9 Å². The lowest BCUT2D eigenvalue weighted by molar-refractivity contribution is 0.415. The second kappa shape index (κ2) is 11.0. The summed E-state index contributed by atoms with van der Waals surface area (Å²) in [4.78, 5) is 8.79. The van der Waals surface area contributed by atoms with Gasteiger partial charge in [-0.2, -0.15) is 0 Å². The first-order valence-corrected chi connectivity index (χ1v) is 15.1. The number of methoxy groups -OCH3 is 1. The predicted octanol–water partition coefficient (Wildman–Crippen LogP) is 5.43. The Morgan fingerprint density at radius 2 is 1.39 bits per heavy atom. The summed E-state index contributed by atoms with van der Waals surface area (Å²) in [5, 5.41) is 2.98. The molecule has 0 spiro atoms. The zero-order valence-electron chi connectivity index (χ0n) is 21.8. The summed E-state index contributed by atoms with van der Waals surface area (Å²) in [6.45, 7) is 1.48. The summed E-state index contributed by atoms with van der Waals surface area (Å²) in [7, 11) is -6.65. The highest BCUT2D eigenvalue weighted by Crippen LogP contribution is 2.29. The van der Waals surface area contributed by atoms with Crippen molar-refractivity contribution in [1.82, 2.24) is 9.97 Å². The fourth-order valence-corrected chi connectivity index (χ4v) is 6.35. The van der Waals surface area contributed by atoms with Crippen LogP contribution in [0.4, 0.5) is 27.4 Å². The molecule has 41 heavy (non-hydrogen) atoms. The smallest absolute Gasteiger partial charge is 0.263 e. The van der Waals surface area contributed by atoms with Crippen LogP contribution in [0.2, 0.25) is 0 Å². The van der Waals surface area contributed by atoms with Crippen LogP contribution in [0.15, 0.2) is 101 Å². The van der Waals surface area contributed by atoms with Crippen molar-refractivity contribution in [2.24, 2.45) is 0 Å².